The highest BCUT2D eigenvalue weighted by Crippen LogP contribution is 2.47. The second-order valence-electron chi connectivity index (χ2n) is 13.1. The average Bonchev–Trinajstić information content (AvgIpc) is 3.25. The van der Waals surface area contributed by atoms with Gasteiger partial charge in [-0.2, -0.15) is 13.2 Å². The van der Waals surface area contributed by atoms with Gasteiger partial charge in [-0.15, -0.1) is 0 Å². The first-order valence-corrected chi connectivity index (χ1v) is 15.5. The van der Waals surface area contributed by atoms with E-state index in [1.807, 2.05) is 61.5 Å². The molecule has 2 amide bonds. The lowest BCUT2D eigenvalue weighted by Crippen LogP contribution is -2.48. The maximum Gasteiger partial charge on any atom is 0.417 e. The Morgan fingerprint density at radius 2 is 1.61 bits per heavy atom. The van der Waals surface area contributed by atoms with Gasteiger partial charge in [0.25, 0.3) is 11.8 Å². The molecule has 1 aromatic heterocycles. The third kappa shape index (κ3) is 5.78. The summed E-state index contributed by atoms with van der Waals surface area (Å²) in [4.78, 5) is 35.4. The molecule has 3 aliphatic rings. The van der Waals surface area contributed by atoms with Crippen LogP contribution in [0.3, 0.4) is 0 Å². The number of carbonyl (C=O) groups excluding carboxylic acids is 2. The van der Waals surface area contributed by atoms with Crippen LogP contribution in [0.4, 0.5) is 18.9 Å². The first-order valence-electron chi connectivity index (χ1n) is 15.1. The number of carbonyl (C=O) groups is 2. The molecule has 1 N–H and O–H groups in total. The molecule has 3 aromatic rings. The summed E-state index contributed by atoms with van der Waals surface area (Å²) in [6, 6.07) is 12.6. The summed E-state index contributed by atoms with van der Waals surface area (Å²) in [6.07, 6.45) is 3.77. The van der Waals surface area contributed by atoms with Crippen LogP contribution < -0.4 is 10.2 Å². The zero-order valence-corrected chi connectivity index (χ0v) is 25.6. The van der Waals surface area contributed by atoms with Gasteiger partial charge in [0.2, 0.25) is 0 Å². The smallest absolute Gasteiger partial charge is 0.371 e. The minimum absolute atomic E-state index is 0.0347. The molecule has 2 aromatic carbocycles. The highest BCUT2D eigenvalue weighted by Gasteiger charge is 2.42. The Kier molecular flexibility index (Phi) is 7.89. The van der Waals surface area contributed by atoms with Crippen molar-refractivity contribution in [3.63, 3.8) is 0 Å². The van der Waals surface area contributed by atoms with Crippen LogP contribution in [0.1, 0.15) is 83.0 Å². The maximum atomic E-state index is 13.7. The maximum absolute atomic E-state index is 13.7. The van der Waals surface area contributed by atoms with Crippen LogP contribution in [-0.2, 0) is 12.6 Å². The molecule has 6 nitrogen and oxygen atoms in total. The molecular weight excluding hydrogens is 589 g/mol. The Bertz CT molecular complexity index is 1560. The predicted molar refractivity (Wildman–Crippen MR) is 164 cm³/mol. The van der Waals surface area contributed by atoms with Gasteiger partial charge >= 0.3 is 6.18 Å². The standard InChI is InChI=1S/C34H36ClF3N4O2/c1-32(2)21-23-7-6-22(20-26(23)29(32)40-30(43)25-4-3-5-27(28(25)35)34(36,37)38)31(44)42-18-12-33(13-19-42)10-16-41(17-11-33)24-8-14-39-15-9-24/h3-9,14-15,20,29H,10-13,16-19,21H2,1-2H3,(H,40,43). The van der Waals surface area contributed by atoms with Gasteiger partial charge in [-0.05, 0) is 90.5 Å². The normalized spacial score (nSPS) is 20.8. The van der Waals surface area contributed by atoms with Crippen molar-refractivity contribution >= 4 is 29.1 Å². The first kappa shape index (κ1) is 30.4. The minimum atomic E-state index is -4.67. The molecule has 0 bridgehead atoms. The molecule has 44 heavy (non-hydrogen) atoms. The Labute approximate surface area is 260 Å². The van der Waals surface area contributed by atoms with Gasteiger partial charge in [-0.1, -0.05) is 37.6 Å². The average molecular weight is 625 g/mol. The topological polar surface area (TPSA) is 65.5 Å². The second kappa shape index (κ2) is 11.4. The van der Waals surface area contributed by atoms with E-state index in [2.05, 4.69) is 15.2 Å². The Morgan fingerprint density at radius 3 is 2.27 bits per heavy atom. The van der Waals surface area contributed by atoms with Crippen molar-refractivity contribution in [3.8, 4) is 0 Å². The molecule has 1 aliphatic carbocycles. The largest absolute Gasteiger partial charge is 0.417 e. The van der Waals surface area contributed by atoms with E-state index in [-0.39, 0.29) is 16.9 Å². The van der Waals surface area contributed by atoms with E-state index >= 15 is 0 Å². The van der Waals surface area contributed by atoms with E-state index < -0.39 is 34.1 Å². The lowest BCUT2D eigenvalue weighted by Gasteiger charge is -2.47. The van der Waals surface area contributed by atoms with Crippen molar-refractivity contribution in [1.29, 1.82) is 0 Å². The molecule has 0 radical (unpaired) electrons. The Morgan fingerprint density at radius 1 is 0.955 bits per heavy atom. The fourth-order valence-electron chi connectivity index (χ4n) is 7.24. The van der Waals surface area contributed by atoms with Gasteiger partial charge in [-0.25, -0.2) is 0 Å². The van der Waals surface area contributed by atoms with Crippen LogP contribution in [0.5, 0.6) is 0 Å². The van der Waals surface area contributed by atoms with Gasteiger partial charge in [0.15, 0.2) is 0 Å². The number of rotatable bonds is 4. The summed E-state index contributed by atoms with van der Waals surface area (Å²) in [5.74, 6) is -0.715. The molecule has 6 rings (SSSR count). The third-order valence-corrected chi connectivity index (χ3v) is 10.3. The Hall–Kier alpha value is -3.59. The van der Waals surface area contributed by atoms with Crippen LogP contribution in [0, 0.1) is 10.8 Å². The monoisotopic (exact) mass is 624 g/mol. The molecule has 3 heterocycles. The second-order valence-corrected chi connectivity index (χ2v) is 13.5. The molecule has 1 atom stereocenters. The van der Waals surface area contributed by atoms with Gasteiger partial charge in [0.1, 0.15) is 0 Å². The van der Waals surface area contributed by atoms with Gasteiger partial charge in [-0.3, -0.25) is 14.6 Å². The van der Waals surface area contributed by atoms with Crippen molar-refractivity contribution < 1.29 is 22.8 Å². The van der Waals surface area contributed by atoms with Crippen molar-refractivity contribution in [2.24, 2.45) is 10.8 Å². The molecule has 232 valence electrons. The fraction of sp³-hybridized carbons (Fsp3) is 0.441. The van der Waals surface area contributed by atoms with E-state index in [9.17, 15) is 22.8 Å². The lowest BCUT2D eigenvalue weighted by atomic mass is 9.71. The molecule has 1 spiro atoms. The molecule has 2 fully saturated rings. The summed E-state index contributed by atoms with van der Waals surface area (Å²) in [5, 5.41) is 2.32. The molecule has 2 aliphatic heterocycles. The lowest BCUT2D eigenvalue weighted by molar-refractivity contribution is -0.137. The number of alkyl halides is 3. The highest BCUT2D eigenvalue weighted by atomic mass is 35.5. The van der Waals surface area contributed by atoms with E-state index in [1.54, 1.807) is 0 Å². The van der Waals surface area contributed by atoms with Crippen LogP contribution in [0.15, 0.2) is 60.9 Å². The predicted octanol–water partition coefficient (Wildman–Crippen LogP) is 7.33. The molecule has 2 saturated heterocycles. The zero-order valence-electron chi connectivity index (χ0n) is 24.9. The SMILES string of the molecule is CC1(C)Cc2ccc(C(=O)N3CCC4(CC3)CCN(c3ccncc3)CC4)cc2C1NC(=O)c1cccc(C(F)(F)F)c1Cl. The molecule has 10 heteroatoms. The number of anilines is 1. The van der Waals surface area contributed by atoms with Crippen LogP contribution in [0.25, 0.3) is 0 Å². The summed E-state index contributed by atoms with van der Waals surface area (Å²) in [6.45, 7) is 7.39. The number of hydrogen-bond acceptors (Lipinski definition) is 4. The fourth-order valence-corrected chi connectivity index (χ4v) is 7.56. The van der Waals surface area contributed by atoms with E-state index in [4.69, 9.17) is 11.6 Å². The number of aromatic nitrogens is 1. The van der Waals surface area contributed by atoms with E-state index in [1.165, 1.54) is 17.8 Å². The Balaban J connectivity index is 1.14. The van der Waals surface area contributed by atoms with E-state index in [0.717, 1.165) is 56.0 Å². The van der Waals surface area contributed by atoms with E-state index in [0.29, 0.717) is 25.1 Å². The number of fused-ring (bicyclic) bond motifs is 1. The summed E-state index contributed by atoms with van der Waals surface area (Å²) >= 11 is 6.05. The van der Waals surface area contributed by atoms with Crippen molar-refractivity contribution in [1.82, 2.24) is 15.2 Å². The van der Waals surface area contributed by atoms with Crippen LogP contribution in [0.2, 0.25) is 5.02 Å². The zero-order chi connectivity index (χ0) is 31.3. The molecule has 1 unspecified atom stereocenters. The van der Waals surface area contributed by atoms with Gasteiger partial charge in [0.05, 0.1) is 22.2 Å². The summed E-state index contributed by atoms with van der Waals surface area (Å²) in [5.41, 5.74) is 2.13. The number of amides is 2. The third-order valence-electron chi connectivity index (χ3n) is 9.92. The summed E-state index contributed by atoms with van der Waals surface area (Å²) < 4.78 is 40.3. The van der Waals surface area contributed by atoms with Gasteiger partial charge < -0.3 is 15.1 Å². The first-order chi connectivity index (χ1) is 20.9. The van der Waals surface area contributed by atoms with Crippen molar-refractivity contribution in [2.45, 2.75) is 58.2 Å². The quantitative estimate of drug-likeness (QED) is 0.330. The number of likely N-dealkylation sites (tertiary alicyclic amines) is 1. The molecule has 0 saturated carbocycles. The number of benzene rings is 2. The minimum Gasteiger partial charge on any atom is -0.371 e. The molecular formula is C34H36ClF3N4O2. The van der Waals surface area contributed by atoms with Crippen molar-refractivity contribution in [3.05, 3.63) is 93.8 Å². The summed E-state index contributed by atoms with van der Waals surface area (Å²) in [7, 11) is 0. The van der Waals surface area contributed by atoms with Gasteiger partial charge in [0, 0.05) is 49.8 Å². The number of halogens is 4. The number of hydrogen-bond donors (Lipinski definition) is 1. The number of piperidine rings is 2. The number of nitrogens with zero attached hydrogens (tertiary/aromatic N) is 3. The number of nitrogens with one attached hydrogen (secondary N) is 1. The van der Waals surface area contributed by atoms with Crippen molar-refractivity contribution in [2.75, 3.05) is 31.1 Å². The van der Waals surface area contributed by atoms with Crippen LogP contribution in [-0.4, -0.2) is 47.9 Å². The highest BCUT2D eigenvalue weighted by molar-refractivity contribution is 6.34. The number of pyridine rings is 1. The van der Waals surface area contributed by atoms with Crippen LogP contribution >= 0.6 is 11.6 Å².